The molecule has 1 aromatic carbocycles. The molecule has 3 rings (SSSR count). The molecule has 0 aliphatic carbocycles. The Morgan fingerprint density at radius 3 is 2.54 bits per heavy atom. The number of anilines is 1. The first-order valence-corrected chi connectivity index (χ1v) is 8.91. The van der Waals surface area contributed by atoms with Crippen LogP contribution in [0, 0.1) is 0 Å². The SMILES string of the molecule is CCc1nn(Cc2ccc(OC)cc2)cc1-c1nc(N)sc1CC. The molecule has 5 nitrogen and oxygen atoms in total. The molecule has 0 amide bonds. The van der Waals surface area contributed by atoms with Crippen LogP contribution in [-0.4, -0.2) is 21.9 Å². The molecule has 0 atom stereocenters. The number of methoxy groups -OCH3 is 1. The molecule has 2 aromatic heterocycles. The van der Waals surface area contributed by atoms with Crippen LogP contribution in [0.2, 0.25) is 0 Å². The van der Waals surface area contributed by atoms with Crippen molar-refractivity contribution in [3.05, 3.63) is 46.6 Å². The minimum Gasteiger partial charge on any atom is -0.497 e. The second kappa shape index (κ2) is 7.05. The van der Waals surface area contributed by atoms with E-state index in [-0.39, 0.29) is 0 Å². The Hall–Kier alpha value is -2.34. The molecule has 0 saturated carbocycles. The van der Waals surface area contributed by atoms with Crippen molar-refractivity contribution < 1.29 is 4.74 Å². The van der Waals surface area contributed by atoms with Crippen LogP contribution in [-0.2, 0) is 19.4 Å². The summed E-state index contributed by atoms with van der Waals surface area (Å²) >= 11 is 1.56. The molecule has 0 aliphatic heterocycles. The Morgan fingerprint density at radius 2 is 1.92 bits per heavy atom. The first kappa shape index (κ1) is 16.5. The lowest BCUT2D eigenvalue weighted by Crippen LogP contribution is -2.00. The van der Waals surface area contributed by atoms with Crippen molar-refractivity contribution in [2.45, 2.75) is 33.2 Å². The zero-order valence-electron chi connectivity index (χ0n) is 14.2. The topological polar surface area (TPSA) is 66.0 Å². The van der Waals surface area contributed by atoms with Gasteiger partial charge in [-0.05, 0) is 30.5 Å². The monoisotopic (exact) mass is 342 g/mol. The summed E-state index contributed by atoms with van der Waals surface area (Å²) in [5, 5.41) is 5.35. The third kappa shape index (κ3) is 3.28. The van der Waals surface area contributed by atoms with Gasteiger partial charge in [-0.2, -0.15) is 5.10 Å². The summed E-state index contributed by atoms with van der Waals surface area (Å²) in [6.45, 7) is 4.97. The van der Waals surface area contributed by atoms with E-state index in [1.54, 1.807) is 18.4 Å². The molecule has 0 aliphatic rings. The van der Waals surface area contributed by atoms with Crippen LogP contribution < -0.4 is 10.5 Å². The fourth-order valence-corrected chi connectivity index (χ4v) is 3.53. The Kier molecular flexibility index (Phi) is 4.85. The van der Waals surface area contributed by atoms with Crippen molar-refractivity contribution in [2.75, 3.05) is 12.8 Å². The molecule has 2 heterocycles. The molecule has 0 radical (unpaired) electrons. The van der Waals surface area contributed by atoms with Crippen LogP contribution >= 0.6 is 11.3 Å². The number of nitrogens with two attached hydrogens (primary N) is 1. The van der Waals surface area contributed by atoms with Crippen molar-refractivity contribution >= 4 is 16.5 Å². The van der Waals surface area contributed by atoms with Crippen molar-refractivity contribution in [3.8, 4) is 17.0 Å². The average molecular weight is 342 g/mol. The van der Waals surface area contributed by atoms with Crippen molar-refractivity contribution in [3.63, 3.8) is 0 Å². The molecule has 0 unspecified atom stereocenters. The van der Waals surface area contributed by atoms with Crippen LogP contribution in [0.25, 0.3) is 11.3 Å². The molecule has 0 fully saturated rings. The summed E-state index contributed by atoms with van der Waals surface area (Å²) in [5.41, 5.74) is 10.2. The fourth-order valence-electron chi connectivity index (χ4n) is 2.74. The minimum atomic E-state index is 0.617. The largest absolute Gasteiger partial charge is 0.497 e. The second-order valence-corrected chi connectivity index (χ2v) is 6.68. The van der Waals surface area contributed by atoms with Gasteiger partial charge in [-0.15, -0.1) is 11.3 Å². The second-order valence-electron chi connectivity index (χ2n) is 5.57. The first-order valence-electron chi connectivity index (χ1n) is 8.09. The molecule has 126 valence electrons. The molecule has 0 spiro atoms. The number of thiazole rings is 1. The maximum Gasteiger partial charge on any atom is 0.180 e. The number of nitrogens with zero attached hydrogens (tertiary/aromatic N) is 3. The molecular weight excluding hydrogens is 320 g/mol. The molecule has 0 bridgehead atoms. The molecule has 6 heteroatoms. The summed E-state index contributed by atoms with van der Waals surface area (Å²) < 4.78 is 7.18. The van der Waals surface area contributed by atoms with Gasteiger partial charge in [0.2, 0.25) is 0 Å². The van der Waals surface area contributed by atoms with Gasteiger partial charge < -0.3 is 10.5 Å². The number of aryl methyl sites for hydroxylation is 2. The number of hydrogen-bond donors (Lipinski definition) is 1. The van der Waals surface area contributed by atoms with Gasteiger partial charge in [0.1, 0.15) is 5.75 Å². The summed E-state index contributed by atoms with van der Waals surface area (Å²) in [7, 11) is 1.67. The van der Waals surface area contributed by atoms with E-state index in [2.05, 4.69) is 37.2 Å². The number of aromatic nitrogens is 3. The highest BCUT2D eigenvalue weighted by Crippen LogP contribution is 2.32. The van der Waals surface area contributed by atoms with E-state index >= 15 is 0 Å². The Bertz CT molecular complexity index is 820. The molecule has 24 heavy (non-hydrogen) atoms. The van der Waals surface area contributed by atoms with Gasteiger partial charge in [0.05, 0.1) is 25.0 Å². The van der Waals surface area contributed by atoms with Gasteiger partial charge in [-0.25, -0.2) is 4.98 Å². The quantitative estimate of drug-likeness (QED) is 0.740. The minimum absolute atomic E-state index is 0.617. The Morgan fingerprint density at radius 1 is 1.17 bits per heavy atom. The number of rotatable bonds is 6. The predicted molar refractivity (Wildman–Crippen MR) is 98.6 cm³/mol. The maximum atomic E-state index is 5.91. The van der Waals surface area contributed by atoms with Gasteiger partial charge in [0.15, 0.2) is 5.13 Å². The standard InChI is InChI=1S/C18H22N4OS/c1-4-15-14(17-16(5-2)24-18(19)20-17)11-22(21-15)10-12-6-8-13(23-3)9-7-12/h6-9,11H,4-5,10H2,1-3H3,(H2,19,20). The van der Waals surface area contributed by atoms with Gasteiger partial charge >= 0.3 is 0 Å². The lowest BCUT2D eigenvalue weighted by atomic mass is 10.1. The normalized spacial score (nSPS) is 11.0. The predicted octanol–water partition coefficient (Wildman–Crippen LogP) is 3.77. The van der Waals surface area contributed by atoms with Crippen molar-refractivity contribution in [2.24, 2.45) is 0 Å². The third-order valence-electron chi connectivity index (χ3n) is 3.97. The average Bonchev–Trinajstić information content (AvgIpc) is 3.18. The summed E-state index contributed by atoms with van der Waals surface area (Å²) in [6, 6.07) is 8.06. The molecular formula is C18H22N4OS. The van der Waals surface area contributed by atoms with E-state index in [4.69, 9.17) is 15.6 Å². The van der Waals surface area contributed by atoms with E-state index in [1.165, 1.54) is 10.4 Å². The third-order valence-corrected chi connectivity index (χ3v) is 5.00. The van der Waals surface area contributed by atoms with Crippen molar-refractivity contribution in [1.82, 2.24) is 14.8 Å². The maximum absolute atomic E-state index is 5.91. The van der Waals surface area contributed by atoms with E-state index in [0.717, 1.165) is 42.1 Å². The van der Waals surface area contributed by atoms with Crippen LogP contribution in [0.5, 0.6) is 5.75 Å². The fraction of sp³-hybridized carbons (Fsp3) is 0.333. The smallest absolute Gasteiger partial charge is 0.180 e. The zero-order valence-corrected chi connectivity index (χ0v) is 15.1. The number of ether oxygens (including phenoxy) is 1. The number of benzene rings is 1. The summed E-state index contributed by atoms with van der Waals surface area (Å²) in [6.07, 6.45) is 3.87. The summed E-state index contributed by atoms with van der Waals surface area (Å²) in [5.74, 6) is 0.861. The van der Waals surface area contributed by atoms with E-state index in [9.17, 15) is 0 Å². The van der Waals surface area contributed by atoms with E-state index in [0.29, 0.717) is 5.13 Å². The molecule has 3 aromatic rings. The van der Waals surface area contributed by atoms with Gasteiger partial charge in [-0.1, -0.05) is 26.0 Å². The highest BCUT2D eigenvalue weighted by atomic mass is 32.1. The molecule has 0 saturated heterocycles. The summed E-state index contributed by atoms with van der Waals surface area (Å²) in [4.78, 5) is 5.74. The van der Waals surface area contributed by atoms with Crippen LogP contribution in [0.3, 0.4) is 0 Å². The number of hydrogen-bond acceptors (Lipinski definition) is 5. The zero-order chi connectivity index (χ0) is 17.1. The lowest BCUT2D eigenvalue weighted by Gasteiger charge is -2.03. The lowest BCUT2D eigenvalue weighted by molar-refractivity contribution is 0.414. The highest BCUT2D eigenvalue weighted by molar-refractivity contribution is 7.15. The van der Waals surface area contributed by atoms with Crippen molar-refractivity contribution in [1.29, 1.82) is 0 Å². The van der Waals surface area contributed by atoms with E-state index < -0.39 is 0 Å². The molecule has 2 N–H and O–H groups in total. The van der Waals surface area contributed by atoms with Gasteiger partial charge in [0.25, 0.3) is 0 Å². The van der Waals surface area contributed by atoms with E-state index in [1.807, 2.05) is 16.8 Å². The van der Waals surface area contributed by atoms with Crippen LogP contribution in [0.4, 0.5) is 5.13 Å². The Labute approximate surface area is 146 Å². The van der Waals surface area contributed by atoms with Crippen LogP contribution in [0.1, 0.15) is 30.0 Å². The first-order chi connectivity index (χ1) is 11.6. The number of nitrogen functional groups attached to an aromatic ring is 1. The van der Waals surface area contributed by atoms with Gasteiger partial charge in [0, 0.05) is 16.6 Å². The van der Waals surface area contributed by atoms with Crippen LogP contribution in [0.15, 0.2) is 30.5 Å². The highest BCUT2D eigenvalue weighted by Gasteiger charge is 2.17. The van der Waals surface area contributed by atoms with Gasteiger partial charge in [-0.3, -0.25) is 4.68 Å². The Balaban J connectivity index is 1.92.